The number of nitrogens with zero attached hydrogens (tertiary/aromatic N) is 4. The minimum atomic E-state index is 0.448. The van der Waals surface area contributed by atoms with Crippen LogP contribution in [0.4, 0.5) is 0 Å². The minimum Gasteiger partial charge on any atom is -0.275 e. The monoisotopic (exact) mass is 368 g/mol. The van der Waals surface area contributed by atoms with Crippen LogP contribution in [0.2, 0.25) is 0 Å². The van der Waals surface area contributed by atoms with Gasteiger partial charge in [0, 0.05) is 0 Å². The Morgan fingerprint density at radius 3 is 1.58 bits per heavy atom. The number of aromatic nitrogens is 2. The Balaban J connectivity index is 1.65. The molecule has 0 unspecified atom stereocenters. The summed E-state index contributed by atoms with van der Waals surface area (Å²) in [6.07, 6.45) is 16.6. The highest BCUT2D eigenvalue weighted by Crippen LogP contribution is 2.22. The van der Waals surface area contributed by atoms with Crippen LogP contribution in [0.1, 0.15) is 64.2 Å². The Labute approximate surface area is 160 Å². The molecule has 2 aliphatic carbocycles. The van der Waals surface area contributed by atoms with Crippen molar-refractivity contribution in [2.24, 2.45) is 9.98 Å². The van der Waals surface area contributed by atoms with Gasteiger partial charge in [0.2, 0.25) is 0 Å². The smallest absolute Gasteiger partial charge is 0.191 e. The molecule has 0 amide bonds. The molecule has 2 aliphatic rings. The average Bonchev–Trinajstić information content (AvgIpc) is 2.97. The van der Waals surface area contributed by atoms with Crippen molar-refractivity contribution in [1.82, 2.24) is 9.13 Å². The molecule has 0 N–H and O–H groups in total. The van der Waals surface area contributed by atoms with Crippen molar-refractivity contribution in [2.75, 3.05) is 0 Å². The molecule has 2 fully saturated rings. The van der Waals surface area contributed by atoms with E-state index < -0.39 is 0 Å². The Morgan fingerprint density at radius 2 is 1.15 bits per heavy atom. The van der Waals surface area contributed by atoms with Crippen LogP contribution in [-0.2, 0) is 0 Å². The van der Waals surface area contributed by atoms with Gasteiger partial charge in [-0.25, -0.2) is 0 Å². The van der Waals surface area contributed by atoms with Crippen molar-refractivity contribution >= 4 is 35.9 Å². The summed E-state index contributed by atoms with van der Waals surface area (Å²) in [7, 11) is 0. The Kier molecular flexibility index (Phi) is 5.63. The first kappa shape index (κ1) is 17.7. The predicted molar refractivity (Wildman–Crippen MR) is 112 cm³/mol. The molecule has 1 aromatic carbocycles. The van der Waals surface area contributed by atoms with Gasteiger partial charge >= 0.3 is 0 Å². The molecule has 0 spiro atoms. The Hall–Kier alpha value is -1.75. The second kappa shape index (κ2) is 8.30. The van der Waals surface area contributed by atoms with Crippen LogP contribution >= 0.6 is 12.2 Å². The van der Waals surface area contributed by atoms with E-state index in [1.807, 2.05) is 21.8 Å². The van der Waals surface area contributed by atoms with Gasteiger partial charge in [-0.3, -0.25) is 19.1 Å². The fraction of sp³-hybridized carbons (Fsp3) is 0.571. The van der Waals surface area contributed by atoms with Gasteiger partial charge < -0.3 is 0 Å². The zero-order chi connectivity index (χ0) is 17.8. The summed E-state index contributed by atoms with van der Waals surface area (Å²) in [6.45, 7) is 0. The van der Waals surface area contributed by atoms with Crippen LogP contribution in [0.5, 0.6) is 0 Å². The Morgan fingerprint density at radius 1 is 0.731 bits per heavy atom. The van der Waals surface area contributed by atoms with E-state index in [2.05, 4.69) is 24.3 Å². The zero-order valence-corrected chi connectivity index (χ0v) is 16.2. The Bertz CT molecular complexity index is 781. The normalized spacial score (nSPS) is 20.6. The van der Waals surface area contributed by atoms with Crippen LogP contribution in [-0.4, -0.2) is 33.9 Å². The summed E-state index contributed by atoms with van der Waals surface area (Å²) in [5, 5.41) is 0. The van der Waals surface area contributed by atoms with Crippen molar-refractivity contribution in [2.45, 2.75) is 76.3 Å². The molecule has 1 heterocycles. The third-order valence-electron chi connectivity index (χ3n) is 5.75. The second-order valence-electron chi connectivity index (χ2n) is 7.62. The molecule has 0 bridgehead atoms. The third kappa shape index (κ3) is 3.83. The maximum absolute atomic E-state index is 5.77. The molecule has 2 aromatic rings. The van der Waals surface area contributed by atoms with Gasteiger partial charge in [0.05, 0.1) is 35.8 Å². The van der Waals surface area contributed by atoms with Crippen LogP contribution < -0.4 is 0 Å². The van der Waals surface area contributed by atoms with E-state index in [0.717, 1.165) is 15.8 Å². The SMILES string of the molecule is S=c1n(C=NC2CCCCC2)c2ccccc2n1C=NC1CCCCC1. The predicted octanol–water partition coefficient (Wildman–Crippen LogP) is 5.59. The van der Waals surface area contributed by atoms with E-state index >= 15 is 0 Å². The number of hydrogen-bond donors (Lipinski definition) is 0. The molecule has 4 nitrogen and oxygen atoms in total. The lowest BCUT2D eigenvalue weighted by Crippen LogP contribution is -2.12. The first-order chi connectivity index (χ1) is 12.8. The fourth-order valence-corrected chi connectivity index (χ4v) is 4.49. The van der Waals surface area contributed by atoms with Gasteiger partial charge in [-0.05, 0) is 50.0 Å². The molecule has 5 heteroatoms. The lowest BCUT2D eigenvalue weighted by molar-refractivity contribution is 0.443. The van der Waals surface area contributed by atoms with E-state index in [1.165, 1.54) is 64.2 Å². The zero-order valence-electron chi connectivity index (χ0n) is 15.4. The van der Waals surface area contributed by atoms with Gasteiger partial charge in [-0.1, -0.05) is 50.7 Å². The molecule has 26 heavy (non-hydrogen) atoms. The van der Waals surface area contributed by atoms with Crippen LogP contribution in [0.25, 0.3) is 11.0 Å². The summed E-state index contributed by atoms with van der Waals surface area (Å²) < 4.78 is 4.85. The van der Waals surface area contributed by atoms with E-state index in [0.29, 0.717) is 12.1 Å². The second-order valence-corrected chi connectivity index (χ2v) is 7.99. The lowest BCUT2D eigenvalue weighted by Gasteiger charge is -2.17. The topological polar surface area (TPSA) is 34.6 Å². The largest absolute Gasteiger partial charge is 0.275 e. The highest BCUT2D eigenvalue weighted by molar-refractivity contribution is 7.71. The molecule has 0 saturated heterocycles. The summed E-state index contributed by atoms with van der Waals surface area (Å²) in [6, 6.07) is 9.24. The molecule has 0 atom stereocenters. The molecule has 2 saturated carbocycles. The van der Waals surface area contributed by atoms with Crippen molar-refractivity contribution in [3.8, 4) is 0 Å². The maximum atomic E-state index is 5.77. The molecule has 0 radical (unpaired) electrons. The lowest BCUT2D eigenvalue weighted by atomic mass is 9.96. The van der Waals surface area contributed by atoms with E-state index in [9.17, 15) is 0 Å². The van der Waals surface area contributed by atoms with Crippen molar-refractivity contribution < 1.29 is 0 Å². The molecule has 1 aromatic heterocycles. The number of fused-ring (bicyclic) bond motifs is 1. The number of aliphatic imine (C=N–C) groups is 2. The third-order valence-corrected chi connectivity index (χ3v) is 6.14. The standard InChI is InChI=1S/C21H28N4S/c26-21-24(15-22-17-9-3-1-4-10-17)19-13-7-8-14-20(19)25(21)16-23-18-11-5-2-6-12-18/h7-8,13-18H,1-6,9-12H2. The van der Waals surface area contributed by atoms with Gasteiger partial charge in [0.1, 0.15) is 0 Å². The molecule has 138 valence electrons. The fourth-order valence-electron chi connectivity index (χ4n) is 4.20. The van der Waals surface area contributed by atoms with Crippen molar-refractivity contribution in [1.29, 1.82) is 0 Å². The van der Waals surface area contributed by atoms with Gasteiger partial charge in [-0.2, -0.15) is 0 Å². The average molecular weight is 369 g/mol. The summed E-state index contributed by atoms with van der Waals surface area (Å²) in [5.41, 5.74) is 2.21. The highest BCUT2D eigenvalue weighted by atomic mass is 32.1. The molecule has 4 rings (SSSR count). The first-order valence-electron chi connectivity index (χ1n) is 10.1. The summed E-state index contributed by atoms with van der Waals surface area (Å²) in [4.78, 5) is 9.68. The van der Waals surface area contributed by atoms with Crippen LogP contribution in [0, 0.1) is 4.77 Å². The molecular formula is C21H28N4S. The molecule has 0 aliphatic heterocycles. The van der Waals surface area contributed by atoms with Crippen molar-refractivity contribution in [3.63, 3.8) is 0 Å². The van der Waals surface area contributed by atoms with Crippen LogP contribution in [0.15, 0.2) is 34.3 Å². The quantitative estimate of drug-likeness (QED) is 0.393. The molecular weight excluding hydrogens is 340 g/mol. The minimum absolute atomic E-state index is 0.448. The number of benzene rings is 1. The van der Waals surface area contributed by atoms with Gasteiger partial charge in [-0.15, -0.1) is 0 Å². The van der Waals surface area contributed by atoms with Crippen molar-refractivity contribution in [3.05, 3.63) is 29.0 Å². The summed E-state index contributed by atoms with van der Waals surface area (Å²) >= 11 is 5.77. The number of imidazole rings is 1. The van der Waals surface area contributed by atoms with Crippen LogP contribution in [0.3, 0.4) is 0 Å². The highest BCUT2D eigenvalue weighted by Gasteiger charge is 2.14. The number of hydrogen-bond acceptors (Lipinski definition) is 3. The summed E-state index contributed by atoms with van der Waals surface area (Å²) in [5.74, 6) is 0. The number of para-hydroxylation sites is 2. The van der Waals surface area contributed by atoms with Gasteiger partial charge in [0.15, 0.2) is 4.77 Å². The van der Waals surface area contributed by atoms with E-state index in [-0.39, 0.29) is 0 Å². The van der Waals surface area contributed by atoms with Gasteiger partial charge in [0.25, 0.3) is 0 Å². The first-order valence-corrected chi connectivity index (χ1v) is 10.5. The maximum Gasteiger partial charge on any atom is 0.191 e. The van der Waals surface area contributed by atoms with E-state index in [1.54, 1.807) is 0 Å². The number of rotatable bonds is 4. The van der Waals surface area contributed by atoms with E-state index in [4.69, 9.17) is 22.2 Å².